The van der Waals surface area contributed by atoms with Crippen LogP contribution < -0.4 is 10.6 Å². The number of benzene rings is 1. The molecule has 2 amide bonds. The van der Waals surface area contributed by atoms with Gasteiger partial charge in [0.25, 0.3) is 0 Å². The summed E-state index contributed by atoms with van der Waals surface area (Å²) in [6, 6.07) is 2.93. The molecule has 0 saturated heterocycles. The number of hydrogen-bond donors (Lipinski definition) is 3. The first kappa shape index (κ1) is 16.9. The first-order valence-corrected chi connectivity index (χ1v) is 7.51. The van der Waals surface area contributed by atoms with Gasteiger partial charge in [-0.2, -0.15) is 0 Å². The molecule has 0 aliphatic rings. The van der Waals surface area contributed by atoms with Gasteiger partial charge in [-0.05, 0) is 31.0 Å². The van der Waals surface area contributed by atoms with Crippen molar-refractivity contribution >= 4 is 29.4 Å². The maximum atomic E-state index is 11.8. The van der Waals surface area contributed by atoms with Crippen molar-refractivity contribution in [3.63, 3.8) is 0 Å². The molecule has 21 heavy (non-hydrogen) atoms. The van der Waals surface area contributed by atoms with Crippen molar-refractivity contribution in [2.45, 2.75) is 13.8 Å². The molecule has 1 aromatic carbocycles. The van der Waals surface area contributed by atoms with Gasteiger partial charge in [0.05, 0.1) is 17.0 Å². The Morgan fingerprint density at radius 2 is 2.10 bits per heavy atom. The Bertz CT molecular complexity index is 579. The summed E-state index contributed by atoms with van der Waals surface area (Å²) in [6.45, 7) is 4.04. The van der Waals surface area contributed by atoms with Crippen LogP contribution in [0.2, 0.25) is 0 Å². The average molecular weight is 306 g/mol. The standard InChI is InChI=1S/C15H18N2O3S/c1-4-6-21-7-5-16-15(20)17-13-11(3)8-10(2)9-12(13)14(18)19/h1,8-9H,5-7H2,2-3H3,(H,18,19)(H2,16,17,20). The van der Waals surface area contributed by atoms with Crippen LogP contribution in [0.15, 0.2) is 12.1 Å². The van der Waals surface area contributed by atoms with Gasteiger partial charge in [0, 0.05) is 12.3 Å². The van der Waals surface area contributed by atoms with E-state index in [0.717, 1.165) is 5.56 Å². The average Bonchev–Trinajstić information content (AvgIpc) is 2.41. The van der Waals surface area contributed by atoms with E-state index in [9.17, 15) is 14.7 Å². The molecular formula is C15H18N2O3S. The number of rotatable bonds is 6. The quantitative estimate of drug-likeness (QED) is 0.557. The van der Waals surface area contributed by atoms with Gasteiger partial charge >= 0.3 is 12.0 Å². The number of hydrogen-bond acceptors (Lipinski definition) is 3. The third kappa shape index (κ3) is 5.40. The highest BCUT2D eigenvalue weighted by molar-refractivity contribution is 7.99. The molecule has 0 saturated carbocycles. The first-order chi connectivity index (χ1) is 9.95. The molecule has 112 valence electrons. The van der Waals surface area contributed by atoms with Gasteiger partial charge in [0.2, 0.25) is 0 Å². The van der Waals surface area contributed by atoms with E-state index in [2.05, 4.69) is 16.6 Å². The minimum absolute atomic E-state index is 0.0874. The number of carbonyl (C=O) groups is 2. The highest BCUT2D eigenvalue weighted by Crippen LogP contribution is 2.22. The summed E-state index contributed by atoms with van der Waals surface area (Å²) in [5.74, 6) is 2.74. The maximum Gasteiger partial charge on any atom is 0.337 e. The zero-order chi connectivity index (χ0) is 15.8. The number of carboxylic acids is 1. The highest BCUT2D eigenvalue weighted by Gasteiger charge is 2.15. The number of aromatic carboxylic acids is 1. The van der Waals surface area contributed by atoms with Gasteiger partial charge in [-0.3, -0.25) is 0 Å². The molecule has 0 atom stereocenters. The lowest BCUT2D eigenvalue weighted by Gasteiger charge is -2.13. The van der Waals surface area contributed by atoms with Crippen LogP contribution in [0, 0.1) is 26.2 Å². The Hall–Kier alpha value is -2.13. The minimum Gasteiger partial charge on any atom is -0.478 e. The number of aryl methyl sites for hydroxylation is 2. The van der Waals surface area contributed by atoms with Crippen LogP contribution in [0.3, 0.4) is 0 Å². The van der Waals surface area contributed by atoms with Gasteiger partial charge in [0.1, 0.15) is 0 Å². The fourth-order valence-electron chi connectivity index (χ4n) is 1.83. The lowest BCUT2D eigenvalue weighted by atomic mass is 10.0. The molecule has 1 rings (SSSR count). The molecule has 0 aromatic heterocycles. The fourth-order valence-corrected chi connectivity index (χ4v) is 2.34. The first-order valence-electron chi connectivity index (χ1n) is 6.36. The minimum atomic E-state index is -1.07. The Labute approximate surface area is 128 Å². The zero-order valence-corrected chi connectivity index (χ0v) is 12.8. The Balaban J connectivity index is 2.68. The number of nitrogens with one attached hydrogen (secondary N) is 2. The predicted molar refractivity (Wildman–Crippen MR) is 86.1 cm³/mol. The van der Waals surface area contributed by atoms with E-state index >= 15 is 0 Å². The second-order valence-corrected chi connectivity index (χ2v) is 5.55. The SMILES string of the molecule is C#CCSCCNC(=O)Nc1c(C)cc(C)cc1C(=O)O. The molecule has 0 spiro atoms. The van der Waals surface area contributed by atoms with Crippen molar-refractivity contribution in [2.75, 3.05) is 23.4 Å². The number of anilines is 1. The molecule has 0 aliphatic carbocycles. The predicted octanol–water partition coefficient (Wildman–Crippen LogP) is 2.49. The van der Waals surface area contributed by atoms with Crippen LogP contribution in [0.5, 0.6) is 0 Å². The Morgan fingerprint density at radius 3 is 2.71 bits per heavy atom. The largest absolute Gasteiger partial charge is 0.478 e. The van der Waals surface area contributed by atoms with Crippen molar-refractivity contribution in [3.8, 4) is 12.3 Å². The molecule has 0 aliphatic heterocycles. The van der Waals surface area contributed by atoms with E-state index in [4.69, 9.17) is 6.42 Å². The Kier molecular flexibility index (Phi) is 6.63. The summed E-state index contributed by atoms with van der Waals surface area (Å²) < 4.78 is 0. The Morgan fingerprint density at radius 1 is 1.38 bits per heavy atom. The number of urea groups is 1. The molecule has 0 radical (unpaired) electrons. The van der Waals surface area contributed by atoms with Gasteiger partial charge in [0.15, 0.2) is 0 Å². The normalized spacial score (nSPS) is 9.76. The van der Waals surface area contributed by atoms with Crippen LogP contribution in [0.4, 0.5) is 10.5 Å². The monoisotopic (exact) mass is 306 g/mol. The van der Waals surface area contributed by atoms with E-state index in [1.165, 1.54) is 6.07 Å². The zero-order valence-electron chi connectivity index (χ0n) is 12.0. The van der Waals surface area contributed by atoms with Crippen LogP contribution in [0.25, 0.3) is 0 Å². The van der Waals surface area contributed by atoms with Crippen molar-refractivity contribution in [2.24, 2.45) is 0 Å². The number of terminal acetylenes is 1. The smallest absolute Gasteiger partial charge is 0.337 e. The fraction of sp³-hybridized carbons (Fsp3) is 0.333. The van der Waals surface area contributed by atoms with E-state index in [0.29, 0.717) is 29.3 Å². The molecule has 0 fully saturated rings. The summed E-state index contributed by atoms with van der Waals surface area (Å²) in [6.07, 6.45) is 5.12. The third-order valence-corrected chi connectivity index (χ3v) is 3.53. The van der Waals surface area contributed by atoms with E-state index in [1.54, 1.807) is 18.7 Å². The van der Waals surface area contributed by atoms with Gasteiger partial charge in [-0.1, -0.05) is 12.0 Å². The summed E-state index contributed by atoms with van der Waals surface area (Å²) in [5, 5.41) is 14.5. The molecule has 5 nitrogen and oxygen atoms in total. The van der Waals surface area contributed by atoms with Crippen molar-refractivity contribution in [1.29, 1.82) is 0 Å². The topological polar surface area (TPSA) is 78.4 Å². The van der Waals surface area contributed by atoms with E-state index < -0.39 is 12.0 Å². The summed E-state index contributed by atoms with van der Waals surface area (Å²) in [7, 11) is 0. The molecule has 0 bridgehead atoms. The lowest BCUT2D eigenvalue weighted by Crippen LogP contribution is -2.31. The maximum absolute atomic E-state index is 11.8. The summed E-state index contributed by atoms with van der Waals surface area (Å²) in [5.41, 5.74) is 1.96. The second-order valence-electron chi connectivity index (χ2n) is 4.45. The molecule has 3 N–H and O–H groups in total. The highest BCUT2D eigenvalue weighted by atomic mass is 32.2. The number of carbonyl (C=O) groups excluding carboxylic acids is 1. The van der Waals surface area contributed by atoms with Crippen molar-refractivity contribution in [3.05, 3.63) is 28.8 Å². The third-order valence-electron chi connectivity index (χ3n) is 2.67. The van der Waals surface area contributed by atoms with Gasteiger partial charge in [-0.25, -0.2) is 9.59 Å². The van der Waals surface area contributed by atoms with Crippen molar-refractivity contribution in [1.82, 2.24) is 5.32 Å². The van der Waals surface area contributed by atoms with Crippen molar-refractivity contribution < 1.29 is 14.7 Å². The molecule has 1 aromatic rings. The van der Waals surface area contributed by atoms with Crippen LogP contribution in [-0.2, 0) is 0 Å². The molecule has 0 unspecified atom stereocenters. The second kappa shape index (κ2) is 8.22. The van der Waals surface area contributed by atoms with Gasteiger partial charge < -0.3 is 15.7 Å². The molecular weight excluding hydrogens is 288 g/mol. The number of carboxylic acid groups (broad SMARTS) is 1. The van der Waals surface area contributed by atoms with E-state index in [-0.39, 0.29) is 5.56 Å². The van der Waals surface area contributed by atoms with Gasteiger partial charge in [-0.15, -0.1) is 18.2 Å². The lowest BCUT2D eigenvalue weighted by molar-refractivity contribution is 0.0698. The summed E-state index contributed by atoms with van der Waals surface area (Å²) in [4.78, 5) is 23.0. The molecule has 6 heteroatoms. The van der Waals surface area contributed by atoms with Crippen LogP contribution >= 0.6 is 11.8 Å². The van der Waals surface area contributed by atoms with Crippen LogP contribution in [-0.4, -0.2) is 35.2 Å². The van der Waals surface area contributed by atoms with E-state index in [1.807, 2.05) is 13.0 Å². The number of amides is 2. The number of thioether (sulfide) groups is 1. The summed E-state index contributed by atoms with van der Waals surface area (Å²) >= 11 is 1.54. The molecule has 0 heterocycles. The van der Waals surface area contributed by atoms with Crippen LogP contribution in [0.1, 0.15) is 21.5 Å².